The number of thiazole rings is 1. The summed E-state index contributed by atoms with van der Waals surface area (Å²) >= 11 is 1.62. The van der Waals surface area contributed by atoms with Gasteiger partial charge in [0.1, 0.15) is 5.52 Å². The molecule has 0 atom stereocenters. The highest BCUT2D eigenvalue weighted by molar-refractivity contribution is 7.16. The molecule has 0 radical (unpaired) electrons. The maximum atomic E-state index is 12.3. The van der Waals surface area contributed by atoms with E-state index in [0.717, 1.165) is 54.9 Å². The number of hydrogen-bond donors (Lipinski definition) is 1. The van der Waals surface area contributed by atoms with Gasteiger partial charge in [0.25, 0.3) is 0 Å². The summed E-state index contributed by atoms with van der Waals surface area (Å²) in [5.74, 6) is 0.138. The van der Waals surface area contributed by atoms with Crippen LogP contribution in [0.3, 0.4) is 0 Å². The van der Waals surface area contributed by atoms with E-state index in [1.54, 1.807) is 17.5 Å². The molecule has 0 fully saturated rings. The Labute approximate surface area is 171 Å². The molecule has 2 aromatic carbocycles. The van der Waals surface area contributed by atoms with Crippen molar-refractivity contribution in [1.29, 1.82) is 0 Å². The molecule has 29 heavy (non-hydrogen) atoms. The van der Waals surface area contributed by atoms with Gasteiger partial charge in [-0.25, -0.2) is 15.0 Å². The Morgan fingerprint density at radius 1 is 1.10 bits per heavy atom. The lowest BCUT2D eigenvalue weighted by atomic mass is 9.99. The fourth-order valence-electron chi connectivity index (χ4n) is 3.55. The molecule has 0 aliphatic heterocycles. The molecule has 6 heteroatoms. The number of ketones is 1. The monoisotopic (exact) mass is 398 g/mol. The quantitative estimate of drug-likeness (QED) is 0.388. The van der Waals surface area contributed by atoms with Crippen molar-refractivity contribution < 1.29 is 4.79 Å². The zero-order chi connectivity index (χ0) is 20.0. The zero-order valence-corrected chi connectivity index (χ0v) is 16.9. The van der Waals surface area contributed by atoms with Gasteiger partial charge >= 0.3 is 0 Å². The van der Waals surface area contributed by atoms with Gasteiger partial charge in [0.15, 0.2) is 11.4 Å². The topological polar surface area (TPSA) is 71.5 Å². The van der Waals surface area contributed by atoms with Gasteiger partial charge in [0, 0.05) is 29.3 Å². The van der Waals surface area contributed by atoms with Crippen LogP contribution in [0.1, 0.15) is 29.3 Å². The Morgan fingerprint density at radius 3 is 2.83 bits per heavy atom. The summed E-state index contributed by atoms with van der Waals surface area (Å²) in [6.45, 7) is 3.84. The van der Waals surface area contributed by atoms with E-state index < -0.39 is 0 Å². The Morgan fingerprint density at radius 2 is 1.97 bits per heavy atom. The first-order chi connectivity index (χ1) is 14.1. The van der Waals surface area contributed by atoms with E-state index in [0.29, 0.717) is 6.42 Å². The second kappa shape index (κ2) is 6.90. The highest BCUT2D eigenvalue weighted by Gasteiger charge is 2.14. The highest BCUT2D eigenvalue weighted by Crippen LogP contribution is 2.31. The molecule has 3 aromatic heterocycles. The van der Waals surface area contributed by atoms with Crippen molar-refractivity contribution in [3.63, 3.8) is 0 Å². The number of Topliss-reactive ketones (excluding diaryl/α,β-unsaturated/α-hetero) is 1. The second-order valence-electron chi connectivity index (χ2n) is 7.00. The number of nitrogens with one attached hydrogen (secondary N) is 1. The third-order valence-corrected chi connectivity index (χ3v) is 5.97. The van der Waals surface area contributed by atoms with Crippen LogP contribution in [0.2, 0.25) is 0 Å². The molecule has 3 heterocycles. The van der Waals surface area contributed by atoms with Crippen LogP contribution in [-0.4, -0.2) is 25.7 Å². The van der Waals surface area contributed by atoms with Gasteiger partial charge in [0.2, 0.25) is 0 Å². The number of carbonyl (C=O) groups excluding carboxylic acids is 1. The number of rotatable bonds is 4. The van der Waals surface area contributed by atoms with E-state index in [2.05, 4.69) is 27.1 Å². The molecule has 0 amide bonds. The minimum atomic E-state index is 0.138. The van der Waals surface area contributed by atoms with Gasteiger partial charge in [-0.1, -0.05) is 25.1 Å². The molecule has 5 aromatic rings. The average molecular weight is 398 g/mol. The van der Waals surface area contributed by atoms with Gasteiger partial charge in [-0.05, 0) is 36.2 Å². The number of benzene rings is 2. The first-order valence-corrected chi connectivity index (χ1v) is 10.3. The molecule has 0 saturated carbocycles. The third-order valence-electron chi connectivity index (χ3n) is 5.18. The minimum absolute atomic E-state index is 0.138. The average Bonchev–Trinajstić information content (AvgIpc) is 3.39. The van der Waals surface area contributed by atoms with Crippen molar-refractivity contribution in [3.05, 3.63) is 65.4 Å². The van der Waals surface area contributed by atoms with E-state index >= 15 is 0 Å². The lowest BCUT2D eigenvalue weighted by molar-refractivity contribution is 0.0987. The number of hydrogen-bond acceptors (Lipinski definition) is 5. The predicted octanol–water partition coefficient (Wildman–Crippen LogP) is 5.80. The minimum Gasteiger partial charge on any atom is -0.344 e. The van der Waals surface area contributed by atoms with Crippen molar-refractivity contribution in [2.45, 2.75) is 20.3 Å². The number of aromatic nitrogens is 4. The van der Waals surface area contributed by atoms with E-state index in [9.17, 15) is 4.79 Å². The Bertz CT molecular complexity index is 1380. The maximum Gasteiger partial charge on any atom is 0.162 e. The molecule has 1 N–H and O–H groups in total. The molecule has 0 aliphatic rings. The molecular formula is C23H18N4OS. The van der Waals surface area contributed by atoms with Crippen molar-refractivity contribution in [2.24, 2.45) is 0 Å². The molecular weight excluding hydrogens is 380 g/mol. The molecule has 142 valence electrons. The van der Waals surface area contributed by atoms with Crippen LogP contribution < -0.4 is 0 Å². The lowest BCUT2D eigenvalue weighted by Gasteiger charge is -2.07. The second-order valence-corrected chi connectivity index (χ2v) is 7.88. The number of H-pyrrole nitrogens is 1. The van der Waals surface area contributed by atoms with Crippen molar-refractivity contribution in [3.8, 4) is 22.4 Å². The molecule has 5 rings (SSSR count). The summed E-state index contributed by atoms with van der Waals surface area (Å²) in [7, 11) is 0. The normalized spacial score (nSPS) is 11.4. The van der Waals surface area contributed by atoms with Crippen LogP contribution in [0.5, 0.6) is 0 Å². The van der Waals surface area contributed by atoms with Crippen LogP contribution in [0.4, 0.5) is 0 Å². The standard InChI is InChI=1S/C23H18N4OS/c1-3-20(28)16-8-15(5-4-13(16)2)19-11-25-23-22(27-19)17(10-24-23)14-6-7-18-21(9-14)29-12-26-18/h4-12H,3H2,1-2H3,(H,24,25). The van der Waals surface area contributed by atoms with Crippen LogP contribution in [0.15, 0.2) is 54.3 Å². The first-order valence-electron chi connectivity index (χ1n) is 9.46. The first kappa shape index (κ1) is 17.7. The Kier molecular flexibility index (Phi) is 4.21. The van der Waals surface area contributed by atoms with Gasteiger partial charge in [-0.3, -0.25) is 4.79 Å². The van der Waals surface area contributed by atoms with E-state index in [-0.39, 0.29) is 5.78 Å². The Hall–Kier alpha value is -3.38. The molecule has 0 bridgehead atoms. The van der Waals surface area contributed by atoms with Gasteiger partial charge in [0.05, 0.1) is 27.6 Å². The molecule has 5 nitrogen and oxygen atoms in total. The molecule has 0 unspecified atom stereocenters. The zero-order valence-electron chi connectivity index (χ0n) is 16.1. The highest BCUT2D eigenvalue weighted by atomic mass is 32.1. The predicted molar refractivity (Wildman–Crippen MR) is 117 cm³/mol. The van der Waals surface area contributed by atoms with E-state index in [1.165, 1.54) is 0 Å². The third kappa shape index (κ3) is 3.02. The van der Waals surface area contributed by atoms with Crippen LogP contribution in [0, 0.1) is 6.92 Å². The number of fused-ring (bicyclic) bond motifs is 2. The summed E-state index contributed by atoms with van der Waals surface area (Å²) in [6.07, 6.45) is 4.18. The van der Waals surface area contributed by atoms with Crippen LogP contribution in [-0.2, 0) is 0 Å². The largest absolute Gasteiger partial charge is 0.344 e. The molecule has 0 spiro atoms. The number of aryl methyl sites for hydroxylation is 1. The Balaban J connectivity index is 1.64. The van der Waals surface area contributed by atoms with E-state index in [1.807, 2.05) is 49.8 Å². The van der Waals surface area contributed by atoms with Crippen molar-refractivity contribution in [2.75, 3.05) is 0 Å². The van der Waals surface area contributed by atoms with Crippen molar-refractivity contribution >= 4 is 38.5 Å². The molecule has 0 aliphatic carbocycles. The fourth-order valence-corrected chi connectivity index (χ4v) is 4.26. The van der Waals surface area contributed by atoms with E-state index in [4.69, 9.17) is 4.98 Å². The summed E-state index contributed by atoms with van der Waals surface area (Å²) in [5, 5.41) is 0. The number of aromatic amines is 1. The fraction of sp³-hybridized carbons (Fsp3) is 0.130. The van der Waals surface area contributed by atoms with Crippen molar-refractivity contribution in [1.82, 2.24) is 19.9 Å². The number of carbonyl (C=O) groups is 1. The van der Waals surface area contributed by atoms with Gasteiger partial charge in [-0.2, -0.15) is 0 Å². The summed E-state index contributed by atoms with van der Waals surface area (Å²) < 4.78 is 1.14. The summed E-state index contributed by atoms with van der Waals surface area (Å²) in [6, 6.07) is 12.1. The number of nitrogens with zero attached hydrogens (tertiary/aromatic N) is 3. The van der Waals surface area contributed by atoms with Gasteiger partial charge < -0.3 is 4.98 Å². The SMILES string of the molecule is CCC(=O)c1cc(-c2cnc3[nH]cc(-c4ccc5ncsc5c4)c3n2)ccc1C. The van der Waals surface area contributed by atoms with Crippen LogP contribution >= 0.6 is 11.3 Å². The smallest absolute Gasteiger partial charge is 0.162 e. The van der Waals surface area contributed by atoms with Gasteiger partial charge in [-0.15, -0.1) is 11.3 Å². The summed E-state index contributed by atoms with van der Waals surface area (Å²) in [4.78, 5) is 29.3. The molecule has 0 saturated heterocycles. The van der Waals surface area contributed by atoms with Crippen LogP contribution in [0.25, 0.3) is 43.8 Å². The maximum absolute atomic E-state index is 12.3. The summed E-state index contributed by atoms with van der Waals surface area (Å²) in [5.41, 5.74) is 9.86. The lowest BCUT2D eigenvalue weighted by Crippen LogP contribution is -2.00.